The largest absolute Gasteiger partial charge is 0.369 e. The molecule has 174 valence electrons. The maximum atomic E-state index is 13.3. The summed E-state index contributed by atoms with van der Waals surface area (Å²) in [6, 6.07) is 13.9. The summed E-state index contributed by atoms with van der Waals surface area (Å²) in [4.78, 5) is 26.6. The van der Waals surface area contributed by atoms with E-state index < -0.39 is 5.54 Å². The number of nitrogens with two attached hydrogens (primary N) is 1. The molecule has 1 fully saturated rings. The fourth-order valence-electron chi connectivity index (χ4n) is 4.67. The molecule has 4 rings (SSSR count). The third-order valence-corrected chi connectivity index (χ3v) is 6.54. The standard InChI is InChI=1S/C25H30FN5O2/c1-25(2,18-11-13-30(14-12-18)16-22(27)32)28-24(33)23-20-5-3-4-6-21(20)31(29-23)15-17-7-9-19(26)10-8-17/h3-10,18H,11-16H2,1-2H3,(H2,27,32)(H,28,33). The summed E-state index contributed by atoms with van der Waals surface area (Å²) in [7, 11) is 0. The highest BCUT2D eigenvalue weighted by Gasteiger charge is 2.35. The summed E-state index contributed by atoms with van der Waals surface area (Å²) in [6.07, 6.45) is 1.75. The van der Waals surface area contributed by atoms with Crippen molar-refractivity contribution in [3.8, 4) is 0 Å². The number of rotatable bonds is 7. The number of carbonyl (C=O) groups is 2. The maximum Gasteiger partial charge on any atom is 0.272 e. The lowest BCUT2D eigenvalue weighted by atomic mass is 9.80. The number of primary amides is 1. The predicted octanol–water partition coefficient (Wildman–Crippen LogP) is 2.93. The van der Waals surface area contributed by atoms with Gasteiger partial charge in [-0.05, 0) is 69.5 Å². The molecule has 0 saturated carbocycles. The lowest BCUT2D eigenvalue weighted by Crippen LogP contribution is -2.53. The van der Waals surface area contributed by atoms with Gasteiger partial charge in [0.1, 0.15) is 5.82 Å². The molecule has 2 amide bonds. The third-order valence-electron chi connectivity index (χ3n) is 6.54. The minimum absolute atomic E-state index is 0.214. The molecule has 0 bridgehead atoms. The first-order valence-electron chi connectivity index (χ1n) is 11.3. The summed E-state index contributed by atoms with van der Waals surface area (Å²) < 4.78 is 15.1. The molecule has 7 nitrogen and oxygen atoms in total. The van der Waals surface area contributed by atoms with Crippen LogP contribution in [0.25, 0.3) is 10.9 Å². The van der Waals surface area contributed by atoms with E-state index in [0.717, 1.165) is 42.4 Å². The number of aromatic nitrogens is 2. The second-order valence-corrected chi connectivity index (χ2v) is 9.34. The van der Waals surface area contributed by atoms with Crippen molar-refractivity contribution in [1.29, 1.82) is 0 Å². The van der Waals surface area contributed by atoms with Gasteiger partial charge in [0.2, 0.25) is 5.91 Å². The number of hydrogen-bond acceptors (Lipinski definition) is 4. The van der Waals surface area contributed by atoms with Crippen LogP contribution in [0, 0.1) is 11.7 Å². The molecule has 3 aromatic rings. The fraction of sp³-hybridized carbons (Fsp3) is 0.400. The van der Waals surface area contributed by atoms with Crippen LogP contribution in [0.3, 0.4) is 0 Å². The van der Waals surface area contributed by atoms with Gasteiger partial charge >= 0.3 is 0 Å². The minimum Gasteiger partial charge on any atom is -0.369 e. The smallest absolute Gasteiger partial charge is 0.272 e. The van der Waals surface area contributed by atoms with E-state index in [1.807, 2.05) is 38.1 Å². The number of carbonyl (C=O) groups excluding carboxylic acids is 2. The highest BCUT2D eigenvalue weighted by Crippen LogP contribution is 2.29. The Labute approximate surface area is 192 Å². The number of para-hydroxylation sites is 1. The van der Waals surface area contributed by atoms with Crippen molar-refractivity contribution in [3.63, 3.8) is 0 Å². The molecule has 1 aliphatic rings. The number of likely N-dealkylation sites (tertiary alicyclic amines) is 1. The zero-order chi connectivity index (χ0) is 23.6. The monoisotopic (exact) mass is 451 g/mol. The first kappa shape index (κ1) is 22.9. The average Bonchev–Trinajstić information content (AvgIpc) is 3.14. The highest BCUT2D eigenvalue weighted by atomic mass is 19.1. The first-order chi connectivity index (χ1) is 15.7. The molecule has 2 heterocycles. The molecule has 1 aliphatic heterocycles. The van der Waals surface area contributed by atoms with Gasteiger partial charge in [-0.1, -0.05) is 30.3 Å². The van der Waals surface area contributed by atoms with Gasteiger partial charge in [0, 0.05) is 10.9 Å². The highest BCUT2D eigenvalue weighted by molar-refractivity contribution is 6.05. The summed E-state index contributed by atoms with van der Waals surface area (Å²) >= 11 is 0. The Hall–Kier alpha value is -3.26. The van der Waals surface area contributed by atoms with E-state index in [0.29, 0.717) is 12.2 Å². The topological polar surface area (TPSA) is 93.2 Å². The summed E-state index contributed by atoms with van der Waals surface area (Å²) in [5.41, 5.74) is 7.02. The van der Waals surface area contributed by atoms with Gasteiger partial charge < -0.3 is 11.1 Å². The quantitative estimate of drug-likeness (QED) is 0.578. The molecule has 0 unspecified atom stereocenters. The van der Waals surface area contributed by atoms with E-state index in [-0.39, 0.29) is 30.1 Å². The van der Waals surface area contributed by atoms with E-state index in [2.05, 4.69) is 15.3 Å². The van der Waals surface area contributed by atoms with Crippen molar-refractivity contribution in [2.45, 2.75) is 38.8 Å². The minimum atomic E-state index is -0.433. The molecular formula is C25H30FN5O2. The number of nitrogens with one attached hydrogen (secondary N) is 1. The Morgan fingerprint density at radius 3 is 2.45 bits per heavy atom. The molecule has 1 saturated heterocycles. The molecule has 0 atom stereocenters. The van der Waals surface area contributed by atoms with Gasteiger partial charge in [-0.2, -0.15) is 5.10 Å². The molecule has 8 heteroatoms. The van der Waals surface area contributed by atoms with Crippen LogP contribution in [0.15, 0.2) is 48.5 Å². The molecule has 3 N–H and O–H groups in total. The third kappa shape index (κ3) is 5.22. The van der Waals surface area contributed by atoms with Crippen molar-refractivity contribution in [2.24, 2.45) is 11.7 Å². The van der Waals surface area contributed by atoms with Crippen molar-refractivity contribution < 1.29 is 14.0 Å². The molecule has 1 aromatic heterocycles. The van der Waals surface area contributed by atoms with Crippen LogP contribution >= 0.6 is 0 Å². The van der Waals surface area contributed by atoms with Crippen LogP contribution in [0.2, 0.25) is 0 Å². The van der Waals surface area contributed by atoms with Crippen LogP contribution in [-0.4, -0.2) is 51.7 Å². The molecular weight excluding hydrogens is 421 g/mol. The average molecular weight is 452 g/mol. The van der Waals surface area contributed by atoms with Gasteiger partial charge in [-0.3, -0.25) is 19.2 Å². The molecule has 0 spiro atoms. The van der Waals surface area contributed by atoms with Crippen LogP contribution in [0.5, 0.6) is 0 Å². The van der Waals surface area contributed by atoms with E-state index in [9.17, 15) is 14.0 Å². The van der Waals surface area contributed by atoms with Gasteiger partial charge in [0.15, 0.2) is 5.69 Å². The zero-order valence-electron chi connectivity index (χ0n) is 19.1. The van der Waals surface area contributed by atoms with Crippen molar-refractivity contribution in [2.75, 3.05) is 19.6 Å². The number of amides is 2. The van der Waals surface area contributed by atoms with Crippen LogP contribution in [-0.2, 0) is 11.3 Å². The van der Waals surface area contributed by atoms with Crippen LogP contribution in [0.4, 0.5) is 4.39 Å². The molecule has 0 aliphatic carbocycles. The van der Waals surface area contributed by atoms with E-state index in [4.69, 9.17) is 5.73 Å². The predicted molar refractivity (Wildman–Crippen MR) is 125 cm³/mol. The Morgan fingerprint density at radius 2 is 1.79 bits per heavy atom. The van der Waals surface area contributed by atoms with Gasteiger partial charge in [0.05, 0.1) is 18.6 Å². The normalized spacial score (nSPS) is 15.6. The van der Waals surface area contributed by atoms with Crippen LogP contribution in [0.1, 0.15) is 42.7 Å². The SMILES string of the molecule is CC(C)(NC(=O)c1nn(Cc2ccc(F)cc2)c2ccccc12)C1CCN(CC(N)=O)CC1. The first-order valence-corrected chi connectivity index (χ1v) is 11.3. The second-order valence-electron chi connectivity index (χ2n) is 9.34. The Morgan fingerprint density at radius 1 is 1.12 bits per heavy atom. The maximum absolute atomic E-state index is 13.3. The zero-order valence-corrected chi connectivity index (χ0v) is 19.1. The fourth-order valence-corrected chi connectivity index (χ4v) is 4.67. The Bertz CT molecular complexity index is 1150. The Kier molecular flexibility index (Phi) is 6.47. The lowest BCUT2D eigenvalue weighted by Gasteiger charge is -2.40. The second kappa shape index (κ2) is 9.31. The van der Waals surface area contributed by atoms with Crippen molar-refractivity contribution >= 4 is 22.7 Å². The van der Waals surface area contributed by atoms with Gasteiger partial charge in [-0.25, -0.2) is 4.39 Å². The summed E-state index contributed by atoms with van der Waals surface area (Å²) in [6.45, 7) is 6.35. The van der Waals surface area contributed by atoms with E-state index in [1.54, 1.807) is 16.8 Å². The van der Waals surface area contributed by atoms with Gasteiger partial charge in [0.25, 0.3) is 5.91 Å². The number of nitrogens with zero attached hydrogens (tertiary/aromatic N) is 3. The van der Waals surface area contributed by atoms with Crippen LogP contribution < -0.4 is 11.1 Å². The lowest BCUT2D eigenvalue weighted by molar-refractivity contribution is -0.119. The molecule has 2 aromatic carbocycles. The van der Waals surface area contributed by atoms with Crippen molar-refractivity contribution in [3.05, 3.63) is 65.6 Å². The molecule has 0 radical (unpaired) electrons. The number of halogens is 1. The number of piperidine rings is 1. The Balaban J connectivity index is 1.51. The number of hydrogen-bond donors (Lipinski definition) is 2. The van der Waals surface area contributed by atoms with Crippen molar-refractivity contribution in [1.82, 2.24) is 20.0 Å². The van der Waals surface area contributed by atoms with E-state index in [1.165, 1.54) is 12.1 Å². The van der Waals surface area contributed by atoms with E-state index >= 15 is 0 Å². The van der Waals surface area contributed by atoms with Gasteiger partial charge in [-0.15, -0.1) is 0 Å². The summed E-state index contributed by atoms with van der Waals surface area (Å²) in [5.74, 6) is -0.539. The summed E-state index contributed by atoms with van der Waals surface area (Å²) in [5, 5.41) is 8.61. The number of fused-ring (bicyclic) bond motifs is 1. The molecule has 33 heavy (non-hydrogen) atoms. The number of benzene rings is 2.